The molecule has 0 bridgehead atoms. The summed E-state index contributed by atoms with van der Waals surface area (Å²) in [6, 6.07) is -0.251. The number of hydrogen-bond donors (Lipinski definition) is 1. The van der Waals surface area contributed by atoms with Crippen molar-refractivity contribution in [3.05, 3.63) is 11.7 Å². The van der Waals surface area contributed by atoms with Crippen molar-refractivity contribution in [3.63, 3.8) is 0 Å². The smallest absolute Gasteiger partial charge is 0.243 e. The molecule has 0 amide bonds. The molecule has 18 heavy (non-hydrogen) atoms. The minimum absolute atomic E-state index is 0.251. The number of rotatable bonds is 8. The van der Waals surface area contributed by atoms with Crippen LogP contribution in [0.5, 0.6) is 0 Å². The van der Waals surface area contributed by atoms with E-state index in [2.05, 4.69) is 10.1 Å². The lowest BCUT2D eigenvalue weighted by atomic mass is 10.0. The number of aromatic nitrogens is 2. The van der Waals surface area contributed by atoms with Crippen LogP contribution in [-0.2, 0) is 15.1 Å². The van der Waals surface area contributed by atoms with E-state index in [0.717, 1.165) is 19.3 Å². The summed E-state index contributed by atoms with van der Waals surface area (Å²) in [7, 11) is 3.31. The molecule has 0 aliphatic carbocycles. The average Bonchev–Trinajstić information content (AvgIpc) is 2.88. The van der Waals surface area contributed by atoms with E-state index in [-0.39, 0.29) is 6.04 Å². The third-order valence-corrected chi connectivity index (χ3v) is 3.22. The van der Waals surface area contributed by atoms with Gasteiger partial charge in [0, 0.05) is 20.8 Å². The monoisotopic (exact) mass is 257 g/mol. The highest BCUT2D eigenvalue weighted by Gasteiger charge is 2.30. The van der Waals surface area contributed by atoms with Crippen LogP contribution < -0.4 is 5.73 Å². The molecule has 0 spiro atoms. The molecule has 104 valence electrons. The van der Waals surface area contributed by atoms with Crippen molar-refractivity contribution in [2.45, 2.75) is 44.8 Å². The van der Waals surface area contributed by atoms with Crippen LogP contribution in [0.3, 0.4) is 0 Å². The molecule has 2 atom stereocenters. The topological polar surface area (TPSA) is 83.4 Å². The first-order chi connectivity index (χ1) is 8.57. The SMILES string of the molecule is CCC(C)(OC)c1noc(C(N)CCCOC)n1. The Kier molecular flexibility index (Phi) is 5.71. The van der Waals surface area contributed by atoms with Gasteiger partial charge in [-0.1, -0.05) is 12.1 Å². The molecule has 1 aromatic heterocycles. The van der Waals surface area contributed by atoms with Gasteiger partial charge in [0.1, 0.15) is 5.60 Å². The molecule has 6 heteroatoms. The Morgan fingerprint density at radius 3 is 2.72 bits per heavy atom. The van der Waals surface area contributed by atoms with Gasteiger partial charge in [-0.3, -0.25) is 0 Å². The molecule has 6 nitrogen and oxygen atoms in total. The summed E-state index contributed by atoms with van der Waals surface area (Å²) in [6.45, 7) is 4.62. The molecular weight excluding hydrogens is 234 g/mol. The number of hydrogen-bond acceptors (Lipinski definition) is 6. The Morgan fingerprint density at radius 2 is 2.17 bits per heavy atom. The third-order valence-electron chi connectivity index (χ3n) is 3.22. The lowest BCUT2D eigenvalue weighted by Crippen LogP contribution is -2.25. The summed E-state index contributed by atoms with van der Waals surface area (Å²) in [5.74, 6) is 1.00. The predicted octanol–water partition coefficient (Wildman–Crippen LogP) is 1.77. The van der Waals surface area contributed by atoms with E-state index in [4.69, 9.17) is 19.7 Å². The van der Waals surface area contributed by atoms with E-state index < -0.39 is 5.60 Å². The Balaban J connectivity index is 2.67. The fraction of sp³-hybridized carbons (Fsp3) is 0.833. The summed E-state index contributed by atoms with van der Waals surface area (Å²) in [5.41, 5.74) is 5.46. The standard InChI is InChI=1S/C12H23N3O3/c1-5-12(2,17-4)11-14-10(18-15-11)9(13)7-6-8-16-3/h9H,5-8,13H2,1-4H3. The zero-order chi connectivity index (χ0) is 13.6. The zero-order valence-electron chi connectivity index (χ0n) is 11.6. The Hall–Kier alpha value is -0.980. The minimum Gasteiger partial charge on any atom is -0.385 e. The summed E-state index contributed by atoms with van der Waals surface area (Å²) >= 11 is 0. The summed E-state index contributed by atoms with van der Waals surface area (Å²) in [5, 5.41) is 3.96. The molecular formula is C12H23N3O3. The molecule has 0 aliphatic rings. The molecule has 2 unspecified atom stereocenters. The Labute approximate surface area is 108 Å². The molecule has 0 aliphatic heterocycles. The minimum atomic E-state index is -0.520. The van der Waals surface area contributed by atoms with Crippen molar-refractivity contribution >= 4 is 0 Å². The summed E-state index contributed by atoms with van der Waals surface area (Å²) in [4.78, 5) is 4.33. The van der Waals surface area contributed by atoms with Gasteiger partial charge in [0.2, 0.25) is 11.7 Å². The van der Waals surface area contributed by atoms with Crippen LogP contribution in [0.25, 0.3) is 0 Å². The molecule has 1 heterocycles. The number of nitrogens with two attached hydrogens (primary N) is 1. The second-order valence-corrected chi connectivity index (χ2v) is 4.49. The molecule has 1 rings (SSSR count). The van der Waals surface area contributed by atoms with Gasteiger partial charge in [0.15, 0.2) is 0 Å². The van der Waals surface area contributed by atoms with E-state index in [0.29, 0.717) is 18.3 Å². The number of nitrogens with zero attached hydrogens (tertiary/aromatic N) is 2. The van der Waals surface area contributed by atoms with E-state index in [9.17, 15) is 0 Å². The van der Waals surface area contributed by atoms with E-state index in [1.54, 1.807) is 14.2 Å². The van der Waals surface area contributed by atoms with Gasteiger partial charge in [-0.05, 0) is 26.2 Å². The average molecular weight is 257 g/mol. The molecule has 0 aromatic carbocycles. The quantitative estimate of drug-likeness (QED) is 0.714. The van der Waals surface area contributed by atoms with Crippen molar-refractivity contribution in [1.29, 1.82) is 0 Å². The second kappa shape index (κ2) is 6.82. The fourth-order valence-electron chi connectivity index (χ4n) is 1.57. The van der Waals surface area contributed by atoms with Gasteiger partial charge in [-0.25, -0.2) is 0 Å². The third kappa shape index (κ3) is 3.51. The van der Waals surface area contributed by atoms with E-state index in [1.807, 2.05) is 13.8 Å². The van der Waals surface area contributed by atoms with Crippen LogP contribution in [0.15, 0.2) is 4.52 Å². The lowest BCUT2D eigenvalue weighted by Gasteiger charge is -2.21. The van der Waals surface area contributed by atoms with Gasteiger partial charge in [0.25, 0.3) is 0 Å². The molecule has 0 fully saturated rings. The highest BCUT2D eigenvalue weighted by atomic mass is 16.5. The largest absolute Gasteiger partial charge is 0.385 e. The number of methoxy groups -OCH3 is 2. The highest BCUT2D eigenvalue weighted by molar-refractivity contribution is 5.01. The van der Waals surface area contributed by atoms with Crippen LogP contribution in [0, 0.1) is 0 Å². The Morgan fingerprint density at radius 1 is 1.44 bits per heavy atom. The first kappa shape index (κ1) is 15.1. The predicted molar refractivity (Wildman–Crippen MR) is 67.0 cm³/mol. The van der Waals surface area contributed by atoms with Crippen molar-refractivity contribution < 1.29 is 14.0 Å². The first-order valence-corrected chi connectivity index (χ1v) is 6.21. The molecule has 0 radical (unpaired) electrons. The maximum Gasteiger partial charge on any atom is 0.243 e. The van der Waals surface area contributed by atoms with Crippen molar-refractivity contribution in [2.24, 2.45) is 5.73 Å². The summed E-state index contributed by atoms with van der Waals surface area (Å²) < 4.78 is 15.6. The van der Waals surface area contributed by atoms with E-state index in [1.165, 1.54) is 0 Å². The van der Waals surface area contributed by atoms with E-state index >= 15 is 0 Å². The summed E-state index contributed by atoms with van der Waals surface area (Å²) in [6.07, 6.45) is 2.39. The second-order valence-electron chi connectivity index (χ2n) is 4.49. The molecule has 0 saturated heterocycles. The van der Waals surface area contributed by atoms with Gasteiger partial charge >= 0.3 is 0 Å². The van der Waals surface area contributed by atoms with Crippen molar-refractivity contribution in [1.82, 2.24) is 10.1 Å². The maximum absolute atomic E-state index is 5.98. The van der Waals surface area contributed by atoms with Gasteiger partial charge in [0.05, 0.1) is 6.04 Å². The van der Waals surface area contributed by atoms with Gasteiger partial charge < -0.3 is 19.7 Å². The van der Waals surface area contributed by atoms with Crippen molar-refractivity contribution in [3.8, 4) is 0 Å². The molecule has 0 saturated carbocycles. The van der Waals surface area contributed by atoms with Gasteiger partial charge in [-0.15, -0.1) is 0 Å². The highest BCUT2D eigenvalue weighted by Crippen LogP contribution is 2.26. The van der Waals surface area contributed by atoms with Crippen LogP contribution >= 0.6 is 0 Å². The normalized spacial score (nSPS) is 16.5. The lowest BCUT2D eigenvalue weighted by molar-refractivity contribution is -0.0106. The number of ether oxygens (including phenoxy) is 2. The fourth-order valence-corrected chi connectivity index (χ4v) is 1.57. The van der Waals surface area contributed by atoms with Gasteiger partial charge in [-0.2, -0.15) is 4.98 Å². The first-order valence-electron chi connectivity index (χ1n) is 6.21. The zero-order valence-corrected chi connectivity index (χ0v) is 11.6. The van der Waals surface area contributed by atoms with Crippen LogP contribution in [0.1, 0.15) is 50.9 Å². The van der Waals surface area contributed by atoms with Crippen LogP contribution in [0.4, 0.5) is 0 Å². The molecule has 2 N–H and O–H groups in total. The maximum atomic E-state index is 5.98. The van der Waals surface area contributed by atoms with Crippen LogP contribution in [-0.4, -0.2) is 31.0 Å². The Bertz CT molecular complexity index is 350. The van der Waals surface area contributed by atoms with Crippen molar-refractivity contribution in [2.75, 3.05) is 20.8 Å². The molecule has 1 aromatic rings. The van der Waals surface area contributed by atoms with Crippen LogP contribution in [0.2, 0.25) is 0 Å².